The van der Waals surface area contributed by atoms with Crippen molar-refractivity contribution in [3.8, 4) is 0 Å². The first kappa shape index (κ1) is 18.5. The summed E-state index contributed by atoms with van der Waals surface area (Å²) in [6.45, 7) is 8.41. The van der Waals surface area contributed by atoms with Gasteiger partial charge in [0.1, 0.15) is 0 Å². The van der Waals surface area contributed by atoms with Crippen molar-refractivity contribution >= 4 is 34.1 Å². The minimum Gasteiger partial charge on any atom is -0.357 e. The molecular formula is C17H22N4OS2. The molecule has 2 rings (SSSR count). The van der Waals surface area contributed by atoms with Gasteiger partial charge in [0.15, 0.2) is 4.34 Å². The Morgan fingerprint density at radius 3 is 2.79 bits per heavy atom. The third-order valence-corrected chi connectivity index (χ3v) is 5.41. The minimum absolute atomic E-state index is 0.0109. The Labute approximate surface area is 151 Å². The highest BCUT2D eigenvalue weighted by atomic mass is 32.2. The van der Waals surface area contributed by atoms with E-state index in [2.05, 4.69) is 58.6 Å². The van der Waals surface area contributed by atoms with Gasteiger partial charge in [0, 0.05) is 6.54 Å². The fourth-order valence-electron chi connectivity index (χ4n) is 2.03. The molecule has 5 nitrogen and oxygen atoms in total. The van der Waals surface area contributed by atoms with Gasteiger partial charge in [-0.25, -0.2) is 0 Å². The van der Waals surface area contributed by atoms with Crippen LogP contribution in [0.3, 0.4) is 0 Å². The standard InChI is InChI=1S/C17H22N4OS2/c1-4-10-18-16-20-21-17(24-16)23-11-15(22)19-12(3)14-8-6-13(5-2)7-9-14/h4,6-9,12H,1,5,10-11H2,2-3H3,(H,18,20)(H,19,22)/t12-/m1/s1. The molecule has 1 aromatic carbocycles. The summed E-state index contributed by atoms with van der Waals surface area (Å²) in [5.74, 6) is 0.316. The maximum absolute atomic E-state index is 12.1. The summed E-state index contributed by atoms with van der Waals surface area (Å²) in [5.41, 5.74) is 2.40. The Kier molecular flexibility index (Phi) is 7.27. The molecule has 2 N–H and O–H groups in total. The summed E-state index contributed by atoms with van der Waals surface area (Å²) in [4.78, 5) is 12.1. The van der Waals surface area contributed by atoms with Gasteiger partial charge < -0.3 is 10.6 Å². The Hall–Kier alpha value is -1.86. The number of amides is 1. The maximum Gasteiger partial charge on any atom is 0.230 e. The summed E-state index contributed by atoms with van der Waals surface area (Å²) in [5, 5.41) is 14.9. The zero-order valence-electron chi connectivity index (χ0n) is 13.9. The van der Waals surface area contributed by atoms with Crippen molar-refractivity contribution in [2.75, 3.05) is 17.6 Å². The molecule has 0 fully saturated rings. The molecule has 0 aliphatic rings. The predicted octanol–water partition coefficient (Wildman–Crippen LogP) is 3.67. The predicted molar refractivity (Wildman–Crippen MR) is 102 cm³/mol. The number of carbonyl (C=O) groups is 1. The number of aromatic nitrogens is 2. The molecule has 1 atom stereocenters. The number of hydrogen-bond donors (Lipinski definition) is 2. The first-order valence-electron chi connectivity index (χ1n) is 7.81. The van der Waals surface area contributed by atoms with Crippen molar-refractivity contribution in [1.82, 2.24) is 15.5 Å². The fourth-order valence-corrected chi connectivity index (χ4v) is 3.60. The van der Waals surface area contributed by atoms with Gasteiger partial charge in [-0.2, -0.15) is 0 Å². The fraction of sp³-hybridized carbons (Fsp3) is 0.353. The van der Waals surface area contributed by atoms with Gasteiger partial charge in [0.2, 0.25) is 11.0 Å². The number of thioether (sulfide) groups is 1. The molecule has 128 valence electrons. The normalized spacial score (nSPS) is 11.8. The van der Waals surface area contributed by atoms with E-state index in [1.165, 1.54) is 28.7 Å². The zero-order chi connectivity index (χ0) is 17.4. The third kappa shape index (κ3) is 5.65. The monoisotopic (exact) mass is 362 g/mol. The smallest absolute Gasteiger partial charge is 0.230 e. The molecule has 0 aliphatic carbocycles. The SMILES string of the molecule is C=CCNc1nnc(SCC(=O)N[C@H](C)c2ccc(CC)cc2)s1. The molecule has 0 saturated carbocycles. The van der Waals surface area contributed by atoms with Crippen LogP contribution in [0.15, 0.2) is 41.3 Å². The van der Waals surface area contributed by atoms with Gasteiger partial charge in [0.05, 0.1) is 11.8 Å². The van der Waals surface area contributed by atoms with E-state index < -0.39 is 0 Å². The van der Waals surface area contributed by atoms with E-state index in [-0.39, 0.29) is 11.9 Å². The number of carbonyl (C=O) groups excluding carboxylic acids is 1. The minimum atomic E-state index is -0.0112. The van der Waals surface area contributed by atoms with Gasteiger partial charge in [-0.15, -0.1) is 16.8 Å². The largest absolute Gasteiger partial charge is 0.357 e. The Morgan fingerprint density at radius 2 is 2.12 bits per heavy atom. The summed E-state index contributed by atoms with van der Waals surface area (Å²) in [6, 6.07) is 8.33. The van der Waals surface area contributed by atoms with E-state index in [9.17, 15) is 4.79 Å². The second-order valence-electron chi connectivity index (χ2n) is 5.22. The number of aryl methyl sites for hydroxylation is 1. The lowest BCUT2D eigenvalue weighted by molar-refractivity contribution is -0.119. The molecule has 0 saturated heterocycles. The molecule has 0 bridgehead atoms. The number of nitrogens with zero attached hydrogens (tertiary/aromatic N) is 2. The van der Waals surface area contributed by atoms with Gasteiger partial charge in [-0.3, -0.25) is 4.79 Å². The topological polar surface area (TPSA) is 66.9 Å². The molecule has 1 aromatic heterocycles. The molecular weight excluding hydrogens is 340 g/mol. The summed E-state index contributed by atoms with van der Waals surface area (Å²) in [6.07, 6.45) is 2.78. The average molecular weight is 363 g/mol. The van der Waals surface area contributed by atoms with E-state index in [1.54, 1.807) is 6.08 Å². The second-order valence-corrected chi connectivity index (χ2v) is 7.42. The average Bonchev–Trinajstić information content (AvgIpc) is 3.06. The van der Waals surface area contributed by atoms with Crippen LogP contribution in [0.4, 0.5) is 5.13 Å². The molecule has 0 unspecified atom stereocenters. The van der Waals surface area contributed by atoms with Gasteiger partial charge in [-0.05, 0) is 24.5 Å². The Bertz CT molecular complexity index is 669. The van der Waals surface area contributed by atoms with Crippen LogP contribution in [0.1, 0.15) is 31.0 Å². The molecule has 0 radical (unpaired) electrons. The van der Waals surface area contributed by atoms with Crippen LogP contribution >= 0.6 is 23.1 Å². The van der Waals surface area contributed by atoms with Gasteiger partial charge >= 0.3 is 0 Å². The van der Waals surface area contributed by atoms with E-state index in [4.69, 9.17) is 0 Å². The Morgan fingerprint density at radius 1 is 1.38 bits per heavy atom. The highest BCUT2D eigenvalue weighted by molar-refractivity contribution is 8.01. The molecule has 7 heteroatoms. The van der Waals surface area contributed by atoms with Crippen molar-refractivity contribution < 1.29 is 4.79 Å². The van der Waals surface area contributed by atoms with Crippen LogP contribution < -0.4 is 10.6 Å². The highest BCUT2D eigenvalue weighted by Gasteiger charge is 2.11. The van der Waals surface area contributed by atoms with Crippen LogP contribution in [-0.4, -0.2) is 28.4 Å². The number of nitrogens with one attached hydrogen (secondary N) is 2. The van der Waals surface area contributed by atoms with Crippen LogP contribution in [0.5, 0.6) is 0 Å². The summed E-state index contributed by atoms with van der Waals surface area (Å²) in [7, 11) is 0. The van der Waals surface area contributed by atoms with Crippen LogP contribution in [0.2, 0.25) is 0 Å². The lowest BCUT2D eigenvalue weighted by Gasteiger charge is -2.14. The lowest BCUT2D eigenvalue weighted by Crippen LogP contribution is -2.28. The van der Waals surface area contributed by atoms with E-state index >= 15 is 0 Å². The lowest BCUT2D eigenvalue weighted by atomic mass is 10.1. The number of rotatable bonds is 9. The summed E-state index contributed by atoms with van der Waals surface area (Å²) < 4.78 is 0.775. The molecule has 1 heterocycles. The van der Waals surface area contributed by atoms with E-state index in [0.717, 1.165) is 21.5 Å². The molecule has 0 aliphatic heterocycles. The van der Waals surface area contributed by atoms with E-state index in [1.807, 2.05) is 6.92 Å². The number of benzene rings is 1. The van der Waals surface area contributed by atoms with Gasteiger partial charge in [0.25, 0.3) is 0 Å². The zero-order valence-corrected chi connectivity index (χ0v) is 15.5. The molecule has 1 amide bonds. The molecule has 2 aromatic rings. The third-order valence-electron chi connectivity index (χ3n) is 3.40. The first-order chi connectivity index (χ1) is 11.6. The van der Waals surface area contributed by atoms with E-state index in [0.29, 0.717) is 12.3 Å². The highest BCUT2D eigenvalue weighted by Crippen LogP contribution is 2.25. The molecule has 0 spiro atoms. The van der Waals surface area contributed by atoms with Crippen molar-refractivity contribution in [3.63, 3.8) is 0 Å². The van der Waals surface area contributed by atoms with Crippen LogP contribution in [-0.2, 0) is 11.2 Å². The van der Waals surface area contributed by atoms with Crippen molar-refractivity contribution in [2.45, 2.75) is 30.6 Å². The first-order valence-corrected chi connectivity index (χ1v) is 9.61. The van der Waals surface area contributed by atoms with Crippen LogP contribution in [0.25, 0.3) is 0 Å². The van der Waals surface area contributed by atoms with Gasteiger partial charge in [-0.1, -0.05) is 60.4 Å². The van der Waals surface area contributed by atoms with Crippen molar-refractivity contribution in [2.24, 2.45) is 0 Å². The summed E-state index contributed by atoms with van der Waals surface area (Å²) >= 11 is 2.83. The quantitative estimate of drug-likeness (QED) is 0.526. The van der Waals surface area contributed by atoms with Crippen molar-refractivity contribution in [3.05, 3.63) is 48.0 Å². The molecule has 24 heavy (non-hydrogen) atoms. The maximum atomic E-state index is 12.1. The van der Waals surface area contributed by atoms with Crippen LogP contribution in [0, 0.1) is 0 Å². The van der Waals surface area contributed by atoms with Crippen molar-refractivity contribution in [1.29, 1.82) is 0 Å². The number of hydrogen-bond acceptors (Lipinski definition) is 6. The second kappa shape index (κ2) is 9.44. The Balaban J connectivity index is 1.79. The number of anilines is 1.